The van der Waals surface area contributed by atoms with Crippen LogP contribution >= 0.6 is 0 Å². The Morgan fingerprint density at radius 3 is 2.50 bits per heavy atom. The third kappa shape index (κ3) is 3.32. The Labute approximate surface area is 120 Å². The number of hydrogen-bond acceptors (Lipinski definition) is 3. The number of amides is 3. The minimum Gasteiger partial charge on any atom is -0.388 e. The summed E-state index contributed by atoms with van der Waals surface area (Å²) in [5.74, 6) is 0.783. The van der Waals surface area contributed by atoms with Crippen molar-refractivity contribution in [1.29, 1.82) is 0 Å². The van der Waals surface area contributed by atoms with Gasteiger partial charge in [0.2, 0.25) is 0 Å². The van der Waals surface area contributed by atoms with Crippen LogP contribution in [0.1, 0.15) is 52.9 Å². The fourth-order valence-corrected chi connectivity index (χ4v) is 3.11. The van der Waals surface area contributed by atoms with Gasteiger partial charge in [-0.05, 0) is 43.9 Å². The first-order valence-corrected chi connectivity index (χ1v) is 7.65. The molecule has 1 atom stereocenters. The van der Waals surface area contributed by atoms with Crippen molar-refractivity contribution in [3.63, 3.8) is 0 Å². The van der Waals surface area contributed by atoms with Crippen LogP contribution in [0.3, 0.4) is 0 Å². The number of imide groups is 1. The quantitative estimate of drug-likeness (QED) is 0.774. The number of nitrogens with zero attached hydrogens (tertiary/aromatic N) is 1. The molecular weight excluding hydrogens is 256 g/mol. The van der Waals surface area contributed by atoms with Crippen molar-refractivity contribution < 1.29 is 14.7 Å². The number of aliphatic hydroxyl groups is 1. The first-order chi connectivity index (χ1) is 9.31. The van der Waals surface area contributed by atoms with E-state index in [4.69, 9.17) is 0 Å². The standard InChI is InChI=1S/C15H26N2O3/c1-10(2)8-12-13(18)17(14(19)16-12)9-15(20)6-4-11(3)5-7-15/h10-12,20H,4-9H2,1-3H3,(H,16,19). The fourth-order valence-electron chi connectivity index (χ4n) is 3.11. The van der Waals surface area contributed by atoms with Gasteiger partial charge < -0.3 is 10.4 Å². The number of rotatable bonds is 4. The smallest absolute Gasteiger partial charge is 0.324 e. The number of nitrogens with one attached hydrogen (secondary N) is 1. The Hall–Kier alpha value is -1.10. The van der Waals surface area contributed by atoms with E-state index in [9.17, 15) is 14.7 Å². The topological polar surface area (TPSA) is 69.6 Å². The molecule has 5 nitrogen and oxygen atoms in total. The van der Waals surface area contributed by atoms with Crippen LogP contribution in [0.2, 0.25) is 0 Å². The van der Waals surface area contributed by atoms with Crippen LogP contribution in [0.5, 0.6) is 0 Å². The summed E-state index contributed by atoms with van der Waals surface area (Å²) < 4.78 is 0. The number of carbonyl (C=O) groups excluding carboxylic acids is 2. The Morgan fingerprint density at radius 1 is 1.35 bits per heavy atom. The molecule has 1 heterocycles. The van der Waals surface area contributed by atoms with E-state index in [1.165, 1.54) is 4.90 Å². The third-order valence-electron chi connectivity index (χ3n) is 4.47. The Kier molecular flexibility index (Phi) is 4.37. The molecule has 2 rings (SSSR count). The predicted molar refractivity (Wildman–Crippen MR) is 76.1 cm³/mol. The van der Waals surface area contributed by atoms with Crippen LogP contribution in [0.25, 0.3) is 0 Å². The maximum Gasteiger partial charge on any atom is 0.324 e. The van der Waals surface area contributed by atoms with Crippen LogP contribution in [0, 0.1) is 11.8 Å². The maximum absolute atomic E-state index is 12.3. The molecule has 2 aliphatic rings. The SMILES string of the molecule is CC(C)CC1NC(=O)N(CC2(O)CCC(C)CC2)C1=O. The molecule has 2 fully saturated rings. The summed E-state index contributed by atoms with van der Waals surface area (Å²) in [6, 6.07) is -0.777. The van der Waals surface area contributed by atoms with Crippen molar-refractivity contribution in [2.45, 2.75) is 64.5 Å². The lowest BCUT2D eigenvalue weighted by Crippen LogP contribution is -2.48. The van der Waals surface area contributed by atoms with Crippen molar-refractivity contribution in [2.24, 2.45) is 11.8 Å². The maximum atomic E-state index is 12.3. The predicted octanol–water partition coefficient (Wildman–Crippen LogP) is 1.89. The summed E-state index contributed by atoms with van der Waals surface area (Å²) in [5, 5.41) is 13.3. The lowest BCUT2D eigenvalue weighted by Gasteiger charge is -2.36. The lowest BCUT2D eigenvalue weighted by molar-refractivity contribution is -0.131. The molecule has 1 unspecified atom stereocenters. The van der Waals surface area contributed by atoms with Crippen LogP contribution in [0.4, 0.5) is 4.79 Å². The minimum atomic E-state index is -0.897. The van der Waals surface area contributed by atoms with Crippen LogP contribution in [-0.2, 0) is 4.79 Å². The highest BCUT2D eigenvalue weighted by molar-refractivity contribution is 6.04. The Morgan fingerprint density at radius 2 is 1.95 bits per heavy atom. The molecule has 1 aliphatic carbocycles. The summed E-state index contributed by atoms with van der Waals surface area (Å²) in [6.07, 6.45) is 3.89. The first kappa shape index (κ1) is 15.3. The van der Waals surface area contributed by atoms with Crippen LogP contribution in [0.15, 0.2) is 0 Å². The van der Waals surface area contributed by atoms with E-state index < -0.39 is 11.6 Å². The number of β-amino-alcohol motifs (C(OH)–C–C–N with tert-alkyl or cyclic N) is 1. The highest BCUT2D eigenvalue weighted by Crippen LogP contribution is 2.33. The molecule has 1 saturated carbocycles. The monoisotopic (exact) mass is 282 g/mol. The average molecular weight is 282 g/mol. The van der Waals surface area contributed by atoms with Gasteiger partial charge in [-0.1, -0.05) is 20.8 Å². The number of urea groups is 1. The molecule has 1 saturated heterocycles. The molecule has 0 spiro atoms. The van der Waals surface area contributed by atoms with E-state index in [0.29, 0.717) is 31.1 Å². The van der Waals surface area contributed by atoms with Crippen molar-refractivity contribution >= 4 is 11.9 Å². The van der Waals surface area contributed by atoms with E-state index >= 15 is 0 Å². The van der Waals surface area contributed by atoms with Gasteiger partial charge in [-0.15, -0.1) is 0 Å². The van der Waals surface area contributed by atoms with Gasteiger partial charge in [0.15, 0.2) is 0 Å². The summed E-state index contributed by atoms with van der Waals surface area (Å²) >= 11 is 0. The summed E-state index contributed by atoms with van der Waals surface area (Å²) in [4.78, 5) is 25.4. The zero-order chi connectivity index (χ0) is 14.9. The largest absolute Gasteiger partial charge is 0.388 e. The second-order valence-corrected chi connectivity index (χ2v) is 6.96. The fraction of sp³-hybridized carbons (Fsp3) is 0.867. The van der Waals surface area contributed by atoms with Crippen molar-refractivity contribution in [3.05, 3.63) is 0 Å². The summed E-state index contributed by atoms with van der Waals surface area (Å²) in [7, 11) is 0. The Bertz CT molecular complexity index is 387. The molecule has 0 aromatic rings. The van der Waals surface area contributed by atoms with Crippen molar-refractivity contribution in [1.82, 2.24) is 10.2 Å². The number of carbonyl (C=O) groups is 2. The third-order valence-corrected chi connectivity index (χ3v) is 4.47. The molecule has 0 bridgehead atoms. The van der Waals surface area contributed by atoms with Crippen molar-refractivity contribution in [3.8, 4) is 0 Å². The van der Waals surface area contributed by atoms with E-state index in [2.05, 4.69) is 12.2 Å². The molecule has 3 amide bonds. The second kappa shape index (κ2) is 5.72. The van der Waals surface area contributed by atoms with Gasteiger partial charge >= 0.3 is 6.03 Å². The second-order valence-electron chi connectivity index (χ2n) is 6.96. The van der Waals surface area contributed by atoms with Crippen LogP contribution in [-0.4, -0.2) is 40.1 Å². The summed E-state index contributed by atoms with van der Waals surface area (Å²) in [5.41, 5.74) is -0.897. The lowest BCUT2D eigenvalue weighted by atomic mass is 9.79. The van der Waals surface area contributed by atoms with Crippen molar-refractivity contribution in [2.75, 3.05) is 6.54 Å². The minimum absolute atomic E-state index is 0.138. The highest BCUT2D eigenvalue weighted by Gasteiger charge is 2.43. The van der Waals surface area contributed by atoms with Gasteiger partial charge in [0.1, 0.15) is 6.04 Å². The van der Waals surface area contributed by atoms with Crippen LogP contribution < -0.4 is 5.32 Å². The molecule has 20 heavy (non-hydrogen) atoms. The van der Waals surface area contributed by atoms with Gasteiger partial charge in [-0.2, -0.15) is 0 Å². The van der Waals surface area contributed by atoms with E-state index in [-0.39, 0.29) is 18.5 Å². The zero-order valence-corrected chi connectivity index (χ0v) is 12.7. The molecule has 5 heteroatoms. The average Bonchev–Trinajstić information content (AvgIpc) is 2.60. The van der Waals surface area contributed by atoms with Gasteiger partial charge in [0, 0.05) is 0 Å². The molecule has 0 aromatic carbocycles. The van der Waals surface area contributed by atoms with Gasteiger partial charge in [0.25, 0.3) is 5.91 Å². The van der Waals surface area contributed by atoms with E-state index in [0.717, 1.165) is 12.8 Å². The molecule has 2 N–H and O–H groups in total. The molecule has 0 radical (unpaired) electrons. The summed E-state index contributed by atoms with van der Waals surface area (Å²) in [6.45, 7) is 6.36. The normalized spacial score (nSPS) is 34.8. The van der Waals surface area contributed by atoms with E-state index in [1.807, 2.05) is 13.8 Å². The van der Waals surface area contributed by atoms with Gasteiger partial charge in [0.05, 0.1) is 12.1 Å². The molecular formula is C15H26N2O3. The Balaban J connectivity index is 1.98. The van der Waals surface area contributed by atoms with E-state index in [1.54, 1.807) is 0 Å². The van der Waals surface area contributed by atoms with Gasteiger partial charge in [-0.3, -0.25) is 9.69 Å². The molecule has 0 aromatic heterocycles. The number of hydrogen-bond donors (Lipinski definition) is 2. The van der Waals surface area contributed by atoms with Gasteiger partial charge in [-0.25, -0.2) is 4.79 Å². The molecule has 1 aliphatic heterocycles. The molecule has 114 valence electrons. The highest BCUT2D eigenvalue weighted by atomic mass is 16.3. The first-order valence-electron chi connectivity index (χ1n) is 7.65. The zero-order valence-electron chi connectivity index (χ0n) is 12.7.